The number of ether oxygens (including phenoxy) is 1. The highest BCUT2D eigenvalue weighted by atomic mass is 32.1. The second kappa shape index (κ2) is 7.33. The van der Waals surface area contributed by atoms with Crippen molar-refractivity contribution in [3.63, 3.8) is 0 Å². The van der Waals surface area contributed by atoms with E-state index >= 15 is 0 Å². The zero-order valence-electron chi connectivity index (χ0n) is 16.1. The molecule has 0 radical (unpaired) electrons. The molecule has 148 valence electrons. The summed E-state index contributed by atoms with van der Waals surface area (Å²) in [6, 6.07) is 13.4. The minimum Gasteiger partial charge on any atom is -0.379 e. The van der Waals surface area contributed by atoms with E-state index in [9.17, 15) is 9.59 Å². The molecule has 7 heteroatoms. The highest BCUT2D eigenvalue weighted by Gasteiger charge is 2.42. The summed E-state index contributed by atoms with van der Waals surface area (Å²) in [7, 11) is 0. The summed E-state index contributed by atoms with van der Waals surface area (Å²) in [5.74, 6) is -0.283. The van der Waals surface area contributed by atoms with Crippen LogP contribution in [0.4, 0.5) is 5.69 Å². The molecule has 0 bridgehead atoms. The molecule has 0 unspecified atom stereocenters. The van der Waals surface area contributed by atoms with Crippen molar-refractivity contribution in [2.24, 2.45) is 0 Å². The van der Waals surface area contributed by atoms with Crippen LogP contribution in [0.1, 0.15) is 12.0 Å². The van der Waals surface area contributed by atoms with Gasteiger partial charge in [0.2, 0.25) is 5.91 Å². The number of anilines is 1. The summed E-state index contributed by atoms with van der Waals surface area (Å²) in [6.07, 6.45) is 0.234. The van der Waals surface area contributed by atoms with Crippen LogP contribution < -0.4 is 4.90 Å². The Kier molecular flexibility index (Phi) is 4.66. The molecule has 2 amide bonds. The van der Waals surface area contributed by atoms with Gasteiger partial charge in [0.05, 0.1) is 41.6 Å². The third-order valence-corrected chi connectivity index (χ3v) is 6.59. The van der Waals surface area contributed by atoms with Gasteiger partial charge in [-0.3, -0.25) is 14.5 Å². The third-order valence-electron chi connectivity index (χ3n) is 5.53. The van der Waals surface area contributed by atoms with Crippen LogP contribution in [0.2, 0.25) is 0 Å². The van der Waals surface area contributed by atoms with Gasteiger partial charge in [0, 0.05) is 18.7 Å². The molecule has 0 spiro atoms. The van der Waals surface area contributed by atoms with Gasteiger partial charge in [-0.05, 0) is 48.9 Å². The van der Waals surface area contributed by atoms with E-state index in [4.69, 9.17) is 9.72 Å². The topological polar surface area (TPSA) is 62.7 Å². The number of aryl methyl sites for hydroxylation is 1. The summed E-state index contributed by atoms with van der Waals surface area (Å²) >= 11 is 1.65. The van der Waals surface area contributed by atoms with Crippen LogP contribution >= 0.6 is 11.3 Å². The van der Waals surface area contributed by atoms with Gasteiger partial charge in [-0.2, -0.15) is 0 Å². The summed E-state index contributed by atoms with van der Waals surface area (Å²) in [5, 5.41) is 0.933. The Bertz CT molecular complexity index is 1090. The van der Waals surface area contributed by atoms with E-state index in [1.807, 2.05) is 30.3 Å². The van der Waals surface area contributed by atoms with Gasteiger partial charge in [0.15, 0.2) is 0 Å². The summed E-state index contributed by atoms with van der Waals surface area (Å²) < 4.78 is 6.51. The van der Waals surface area contributed by atoms with Gasteiger partial charge in [0.1, 0.15) is 5.01 Å². The molecule has 3 heterocycles. The number of aromatic nitrogens is 1. The molecular formula is C22H21N3O3S. The Morgan fingerprint density at radius 3 is 2.59 bits per heavy atom. The van der Waals surface area contributed by atoms with Crippen molar-refractivity contribution in [2.75, 3.05) is 31.2 Å². The Labute approximate surface area is 172 Å². The van der Waals surface area contributed by atoms with Crippen molar-refractivity contribution in [1.29, 1.82) is 0 Å². The number of imide groups is 1. The number of rotatable bonds is 3. The third kappa shape index (κ3) is 3.35. The van der Waals surface area contributed by atoms with Gasteiger partial charge in [-0.1, -0.05) is 6.07 Å². The first-order valence-electron chi connectivity index (χ1n) is 9.76. The molecule has 2 saturated heterocycles. The van der Waals surface area contributed by atoms with E-state index in [1.54, 1.807) is 11.3 Å². The maximum absolute atomic E-state index is 12.9. The zero-order valence-corrected chi connectivity index (χ0v) is 16.9. The van der Waals surface area contributed by atoms with Gasteiger partial charge in [-0.15, -0.1) is 11.3 Å². The summed E-state index contributed by atoms with van der Waals surface area (Å²) in [5.41, 5.74) is 3.80. The fourth-order valence-electron chi connectivity index (χ4n) is 3.97. The lowest BCUT2D eigenvalue weighted by molar-refractivity contribution is -0.123. The monoisotopic (exact) mass is 407 g/mol. The number of amides is 2. The van der Waals surface area contributed by atoms with Crippen LogP contribution in [0.3, 0.4) is 0 Å². The zero-order chi connectivity index (χ0) is 20.0. The lowest BCUT2D eigenvalue weighted by Crippen LogP contribution is -2.47. The maximum atomic E-state index is 12.9. The largest absolute Gasteiger partial charge is 0.379 e. The van der Waals surface area contributed by atoms with Crippen molar-refractivity contribution in [1.82, 2.24) is 9.88 Å². The lowest BCUT2D eigenvalue weighted by Gasteiger charge is -2.30. The van der Waals surface area contributed by atoms with Crippen molar-refractivity contribution in [3.05, 3.63) is 48.0 Å². The first-order valence-corrected chi connectivity index (χ1v) is 10.6. The van der Waals surface area contributed by atoms with E-state index < -0.39 is 0 Å². The van der Waals surface area contributed by atoms with E-state index in [2.05, 4.69) is 24.0 Å². The van der Waals surface area contributed by atoms with Crippen LogP contribution in [-0.4, -0.2) is 54.0 Å². The molecule has 1 atom stereocenters. The van der Waals surface area contributed by atoms with Crippen LogP contribution in [0, 0.1) is 6.92 Å². The van der Waals surface area contributed by atoms with E-state index in [0.717, 1.165) is 20.8 Å². The Hall–Kier alpha value is -2.61. The van der Waals surface area contributed by atoms with Crippen LogP contribution in [0.5, 0.6) is 0 Å². The highest BCUT2D eigenvalue weighted by molar-refractivity contribution is 7.21. The first kappa shape index (κ1) is 18.4. The van der Waals surface area contributed by atoms with Crippen molar-refractivity contribution in [3.8, 4) is 10.6 Å². The van der Waals surface area contributed by atoms with E-state index in [1.165, 1.54) is 10.5 Å². The summed E-state index contributed by atoms with van der Waals surface area (Å²) in [6.45, 7) is 4.66. The SMILES string of the molecule is Cc1ccc2nc(-c3ccc(N4C(=O)C[C@H](N5CCOCC5)C4=O)cc3)sc2c1. The minimum atomic E-state index is -0.376. The number of hydrogen-bond donors (Lipinski definition) is 0. The number of morpholine rings is 1. The van der Waals surface area contributed by atoms with Crippen LogP contribution in [-0.2, 0) is 14.3 Å². The molecule has 2 aliphatic rings. The molecule has 1 aromatic heterocycles. The molecule has 2 aliphatic heterocycles. The minimum absolute atomic E-state index is 0.139. The number of benzene rings is 2. The average molecular weight is 407 g/mol. The number of carbonyl (C=O) groups excluding carboxylic acids is 2. The number of fused-ring (bicyclic) bond motifs is 1. The molecular weight excluding hydrogens is 386 g/mol. The van der Waals surface area contributed by atoms with Gasteiger partial charge in [-0.25, -0.2) is 9.88 Å². The standard InChI is InChI=1S/C22H21N3O3S/c1-14-2-7-17-19(12-14)29-21(23-17)15-3-5-16(6-4-15)25-20(26)13-18(22(25)27)24-8-10-28-11-9-24/h2-7,12,18H,8-11,13H2,1H3/t18-/m0/s1. The number of carbonyl (C=O) groups is 2. The molecule has 29 heavy (non-hydrogen) atoms. The molecule has 5 rings (SSSR count). The molecule has 2 fully saturated rings. The normalized spacial score (nSPS) is 20.7. The predicted octanol–water partition coefficient (Wildman–Crippen LogP) is 3.24. The van der Waals surface area contributed by atoms with Crippen molar-refractivity contribution < 1.29 is 14.3 Å². The van der Waals surface area contributed by atoms with Crippen LogP contribution in [0.15, 0.2) is 42.5 Å². The molecule has 0 aliphatic carbocycles. The second-order valence-electron chi connectivity index (χ2n) is 7.47. The quantitative estimate of drug-likeness (QED) is 0.624. The Morgan fingerprint density at radius 1 is 1.07 bits per heavy atom. The van der Waals surface area contributed by atoms with Gasteiger partial charge >= 0.3 is 0 Å². The molecule has 6 nitrogen and oxygen atoms in total. The smallest absolute Gasteiger partial charge is 0.251 e. The Balaban J connectivity index is 1.39. The lowest BCUT2D eigenvalue weighted by atomic mass is 10.2. The molecule has 2 aromatic carbocycles. The maximum Gasteiger partial charge on any atom is 0.251 e. The van der Waals surface area contributed by atoms with Gasteiger partial charge < -0.3 is 4.74 Å². The molecule has 0 N–H and O–H groups in total. The van der Waals surface area contributed by atoms with E-state index in [-0.39, 0.29) is 24.3 Å². The summed E-state index contributed by atoms with van der Waals surface area (Å²) in [4.78, 5) is 33.6. The van der Waals surface area contributed by atoms with E-state index in [0.29, 0.717) is 32.0 Å². The highest BCUT2D eigenvalue weighted by Crippen LogP contribution is 2.33. The second-order valence-corrected chi connectivity index (χ2v) is 8.50. The number of hydrogen-bond acceptors (Lipinski definition) is 6. The molecule has 3 aromatic rings. The fraction of sp³-hybridized carbons (Fsp3) is 0.318. The first-order chi connectivity index (χ1) is 14.1. The molecule has 0 saturated carbocycles. The Morgan fingerprint density at radius 2 is 1.83 bits per heavy atom. The van der Waals surface area contributed by atoms with Crippen molar-refractivity contribution in [2.45, 2.75) is 19.4 Å². The van der Waals surface area contributed by atoms with Gasteiger partial charge in [0.25, 0.3) is 5.91 Å². The van der Waals surface area contributed by atoms with Crippen LogP contribution in [0.25, 0.3) is 20.8 Å². The van der Waals surface area contributed by atoms with Crippen molar-refractivity contribution >= 4 is 39.1 Å². The number of thiazole rings is 1. The number of nitrogens with zero attached hydrogens (tertiary/aromatic N) is 3. The average Bonchev–Trinajstić information content (AvgIpc) is 3.29. The fourth-order valence-corrected chi connectivity index (χ4v) is 5.04. The predicted molar refractivity (Wildman–Crippen MR) is 113 cm³/mol.